The normalized spacial score (nSPS) is 16.6. The lowest BCUT2D eigenvalue weighted by Gasteiger charge is -2.37. The van der Waals surface area contributed by atoms with Crippen LogP contribution in [0.25, 0.3) is 0 Å². The van der Waals surface area contributed by atoms with E-state index in [-0.39, 0.29) is 0 Å². The number of anilines is 2. The molecule has 0 aromatic carbocycles. The van der Waals surface area contributed by atoms with Crippen molar-refractivity contribution in [2.45, 2.75) is 34.1 Å². The van der Waals surface area contributed by atoms with Crippen molar-refractivity contribution in [2.75, 3.05) is 43.0 Å². The lowest BCUT2D eigenvalue weighted by atomic mass is 10.2. The van der Waals surface area contributed by atoms with Crippen LogP contribution in [0, 0.1) is 12.8 Å². The first kappa shape index (κ1) is 16.0. The quantitative estimate of drug-likeness (QED) is 0.632. The summed E-state index contributed by atoms with van der Waals surface area (Å²) in [5, 5.41) is 0. The molecule has 6 nitrogen and oxygen atoms in total. The van der Waals surface area contributed by atoms with Gasteiger partial charge in [-0.2, -0.15) is 0 Å². The highest BCUT2D eigenvalue weighted by Gasteiger charge is 2.21. The van der Waals surface area contributed by atoms with E-state index in [1.54, 1.807) is 0 Å². The Hall–Kier alpha value is -1.40. The molecule has 0 bridgehead atoms. The van der Waals surface area contributed by atoms with Crippen LogP contribution in [0.4, 0.5) is 11.6 Å². The summed E-state index contributed by atoms with van der Waals surface area (Å²) in [6, 6.07) is 0. The van der Waals surface area contributed by atoms with E-state index in [0.29, 0.717) is 0 Å². The van der Waals surface area contributed by atoms with Crippen LogP contribution in [-0.4, -0.2) is 47.6 Å². The Bertz CT molecular complexity index is 465. The van der Waals surface area contributed by atoms with Gasteiger partial charge in [-0.25, -0.2) is 15.8 Å². The van der Waals surface area contributed by atoms with Gasteiger partial charge in [-0.3, -0.25) is 4.90 Å². The predicted molar refractivity (Wildman–Crippen MR) is 87.4 cm³/mol. The molecule has 0 amide bonds. The third-order valence-corrected chi connectivity index (χ3v) is 3.91. The van der Waals surface area contributed by atoms with E-state index in [0.717, 1.165) is 61.5 Å². The van der Waals surface area contributed by atoms with Crippen LogP contribution in [0.5, 0.6) is 0 Å². The van der Waals surface area contributed by atoms with E-state index in [9.17, 15) is 0 Å². The van der Waals surface area contributed by atoms with Crippen LogP contribution in [0.3, 0.4) is 0 Å². The van der Waals surface area contributed by atoms with Crippen LogP contribution >= 0.6 is 0 Å². The van der Waals surface area contributed by atoms with Gasteiger partial charge in [0.05, 0.1) is 0 Å². The molecule has 3 N–H and O–H groups in total. The summed E-state index contributed by atoms with van der Waals surface area (Å²) in [6.07, 6.45) is 0.815. The van der Waals surface area contributed by atoms with Crippen molar-refractivity contribution in [1.82, 2.24) is 14.9 Å². The van der Waals surface area contributed by atoms with Crippen LogP contribution < -0.4 is 16.2 Å². The number of nitrogen functional groups attached to an aromatic ring is 1. The average Bonchev–Trinajstić information content (AvgIpc) is 2.48. The molecule has 0 atom stereocenters. The fraction of sp³-hybridized carbons (Fsp3) is 0.733. The zero-order valence-corrected chi connectivity index (χ0v) is 13.7. The molecule has 0 saturated carbocycles. The Labute approximate surface area is 127 Å². The number of piperazine rings is 1. The molecule has 1 aliphatic rings. The molecule has 118 valence electrons. The summed E-state index contributed by atoms with van der Waals surface area (Å²) in [7, 11) is 0. The minimum Gasteiger partial charge on any atom is -0.354 e. The van der Waals surface area contributed by atoms with Crippen molar-refractivity contribution in [1.29, 1.82) is 0 Å². The van der Waals surface area contributed by atoms with E-state index in [4.69, 9.17) is 10.8 Å². The molecule has 2 rings (SSSR count). The molecule has 1 aliphatic heterocycles. The first-order valence-corrected chi connectivity index (χ1v) is 7.86. The Morgan fingerprint density at radius 2 is 1.86 bits per heavy atom. The van der Waals surface area contributed by atoms with Crippen molar-refractivity contribution in [3.05, 3.63) is 11.4 Å². The summed E-state index contributed by atoms with van der Waals surface area (Å²) in [5.74, 6) is 8.91. The van der Waals surface area contributed by atoms with E-state index in [1.807, 2.05) is 6.92 Å². The topological polar surface area (TPSA) is 70.3 Å². The number of hydrogen-bond acceptors (Lipinski definition) is 6. The minimum absolute atomic E-state index is 0.720. The second-order valence-electron chi connectivity index (χ2n) is 6.12. The number of rotatable bonds is 5. The second kappa shape index (κ2) is 7.04. The summed E-state index contributed by atoms with van der Waals surface area (Å²) < 4.78 is 0. The molecular weight excluding hydrogens is 264 g/mol. The lowest BCUT2D eigenvalue weighted by molar-refractivity contribution is 0.231. The van der Waals surface area contributed by atoms with Crippen LogP contribution in [-0.2, 0) is 6.42 Å². The molecule has 0 unspecified atom stereocenters. The van der Waals surface area contributed by atoms with Gasteiger partial charge in [0.1, 0.15) is 17.5 Å². The van der Waals surface area contributed by atoms with E-state index >= 15 is 0 Å². The Kier molecular flexibility index (Phi) is 5.36. The Morgan fingerprint density at radius 3 is 2.38 bits per heavy atom. The predicted octanol–water partition coefficient (Wildman–Crippen LogP) is 1.41. The van der Waals surface area contributed by atoms with Gasteiger partial charge >= 0.3 is 0 Å². The maximum atomic E-state index is 5.58. The van der Waals surface area contributed by atoms with E-state index in [1.165, 1.54) is 6.54 Å². The number of hydrazine groups is 1. The number of nitrogens with zero attached hydrogens (tertiary/aromatic N) is 4. The molecular formula is C15H28N6. The number of nitrogens with two attached hydrogens (primary N) is 1. The fourth-order valence-corrected chi connectivity index (χ4v) is 2.82. The van der Waals surface area contributed by atoms with Crippen molar-refractivity contribution < 1.29 is 0 Å². The molecule has 1 aromatic heterocycles. The van der Waals surface area contributed by atoms with Gasteiger partial charge in [0, 0.05) is 44.7 Å². The van der Waals surface area contributed by atoms with Gasteiger partial charge in [0.25, 0.3) is 0 Å². The van der Waals surface area contributed by atoms with Gasteiger partial charge < -0.3 is 10.3 Å². The summed E-state index contributed by atoms with van der Waals surface area (Å²) in [4.78, 5) is 14.0. The highest BCUT2D eigenvalue weighted by atomic mass is 15.3. The largest absolute Gasteiger partial charge is 0.354 e. The first-order valence-electron chi connectivity index (χ1n) is 7.86. The smallest absolute Gasteiger partial charge is 0.148 e. The highest BCUT2D eigenvalue weighted by Crippen LogP contribution is 2.24. The number of aryl methyl sites for hydroxylation is 1. The molecule has 1 aromatic rings. The van der Waals surface area contributed by atoms with Gasteiger partial charge in [-0.1, -0.05) is 20.8 Å². The zero-order chi connectivity index (χ0) is 15.4. The lowest BCUT2D eigenvalue weighted by Crippen LogP contribution is -2.48. The van der Waals surface area contributed by atoms with E-state index in [2.05, 4.69) is 41.0 Å². The second-order valence-corrected chi connectivity index (χ2v) is 6.12. The molecule has 0 aliphatic carbocycles. The number of aromatic nitrogens is 2. The average molecular weight is 292 g/mol. The van der Waals surface area contributed by atoms with Crippen molar-refractivity contribution in [3.8, 4) is 0 Å². The molecule has 1 saturated heterocycles. The van der Waals surface area contributed by atoms with Gasteiger partial charge in [0.2, 0.25) is 0 Å². The molecule has 21 heavy (non-hydrogen) atoms. The molecule has 2 heterocycles. The summed E-state index contributed by atoms with van der Waals surface area (Å²) in [5.41, 5.74) is 3.73. The maximum absolute atomic E-state index is 5.58. The molecule has 1 fully saturated rings. The minimum atomic E-state index is 0.720. The molecule has 0 radical (unpaired) electrons. The molecule has 0 spiro atoms. The SMILES string of the molecule is CCc1nc(NN)c(C)c(N2CCN(CC(C)C)CC2)n1. The highest BCUT2D eigenvalue weighted by molar-refractivity contribution is 5.58. The maximum Gasteiger partial charge on any atom is 0.148 e. The van der Waals surface area contributed by atoms with Crippen molar-refractivity contribution in [3.63, 3.8) is 0 Å². The third-order valence-electron chi connectivity index (χ3n) is 3.91. The zero-order valence-electron chi connectivity index (χ0n) is 13.7. The van der Waals surface area contributed by atoms with Gasteiger partial charge in [-0.15, -0.1) is 0 Å². The Balaban J connectivity index is 2.12. The van der Waals surface area contributed by atoms with Crippen molar-refractivity contribution in [2.24, 2.45) is 11.8 Å². The fourth-order valence-electron chi connectivity index (χ4n) is 2.82. The van der Waals surface area contributed by atoms with Gasteiger partial charge in [0.15, 0.2) is 0 Å². The first-order chi connectivity index (χ1) is 10.0. The number of hydrogen-bond donors (Lipinski definition) is 2. The summed E-state index contributed by atoms with van der Waals surface area (Å²) in [6.45, 7) is 14.0. The summed E-state index contributed by atoms with van der Waals surface area (Å²) >= 11 is 0. The third kappa shape index (κ3) is 3.83. The Morgan fingerprint density at radius 1 is 1.19 bits per heavy atom. The van der Waals surface area contributed by atoms with Crippen LogP contribution in [0.2, 0.25) is 0 Å². The standard InChI is InChI=1S/C15H28N6/c1-5-13-17-14(19-16)12(4)15(18-13)21-8-6-20(7-9-21)10-11(2)3/h11H,5-10,16H2,1-4H3,(H,17,18,19). The van der Waals surface area contributed by atoms with Crippen molar-refractivity contribution >= 4 is 11.6 Å². The van der Waals surface area contributed by atoms with Crippen LogP contribution in [0.1, 0.15) is 32.2 Å². The van der Waals surface area contributed by atoms with Gasteiger partial charge in [-0.05, 0) is 12.8 Å². The van der Waals surface area contributed by atoms with E-state index < -0.39 is 0 Å². The monoisotopic (exact) mass is 292 g/mol. The molecule has 6 heteroatoms. The van der Waals surface area contributed by atoms with Crippen LogP contribution in [0.15, 0.2) is 0 Å². The number of nitrogens with one attached hydrogen (secondary N) is 1.